The molecule has 0 aliphatic carbocycles. The minimum Gasteiger partial charge on any atom is -0.493 e. The molecule has 4 aromatic rings. The van der Waals surface area contributed by atoms with Gasteiger partial charge in [-0.15, -0.1) is 5.10 Å². The lowest BCUT2D eigenvalue weighted by atomic mass is 10.1. The number of rotatable bonds is 5. The third kappa shape index (κ3) is 3.53. The van der Waals surface area contributed by atoms with Gasteiger partial charge in [0.1, 0.15) is 6.10 Å². The molecule has 1 atom stereocenters. The maximum atomic E-state index is 6.08. The SMILES string of the molecule is COc1ccc(-c2nc(-c3nnn4c3CO[C@H](c3ccc(C)cc3)C4)no2)cc1OC. The largest absolute Gasteiger partial charge is 0.493 e. The van der Waals surface area contributed by atoms with Crippen LogP contribution in [0, 0.1) is 6.92 Å². The van der Waals surface area contributed by atoms with Gasteiger partial charge in [-0.25, -0.2) is 4.68 Å². The normalized spacial score (nSPS) is 15.5. The second-order valence-electron chi connectivity index (χ2n) is 7.27. The molecule has 0 spiro atoms. The smallest absolute Gasteiger partial charge is 0.258 e. The number of hydrogen-bond donors (Lipinski definition) is 0. The molecule has 3 heterocycles. The Morgan fingerprint density at radius 2 is 1.84 bits per heavy atom. The van der Waals surface area contributed by atoms with Crippen molar-refractivity contribution in [2.24, 2.45) is 0 Å². The third-order valence-corrected chi connectivity index (χ3v) is 5.32. The van der Waals surface area contributed by atoms with E-state index in [1.807, 2.05) is 10.7 Å². The molecule has 158 valence electrons. The van der Waals surface area contributed by atoms with E-state index in [0.29, 0.717) is 47.6 Å². The number of nitrogens with zero attached hydrogens (tertiary/aromatic N) is 5. The van der Waals surface area contributed by atoms with Gasteiger partial charge in [0.2, 0.25) is 5.82 Å². The third-order valence-electron chi connectivity index (χ3n) is 5.32. The molecule has 1 aliphatic rings. The van der Waals surface area contributed by atoms with Crippen molar-refractivity contribution in [3.8, 4) is 34.5 Å². The minimum absolute atomic E-state index is 0.0738. The number of methoxy groups -OCH3 is 2. The van der Waals surface area contributed by atoms with Crippen LogP contribution in [0.5, 0.6) is 11.5 Å². The number of fused-ring (bicyclic) bond motifs is 1. The lowest BCUT2D eigenvalue weighted by Gasteiger charge is -2.24. The summed E-state index contributed by atoms with van der Waals surface area (Å²) in [7, 11) is 3.16. The summed E-state index contributed by atoms with van der Waals surface area (Å²) in [4.78, 5) is 4.50. The highest BCUT2D eigenvalue weighted by Gasteiger charge is 2.27. The van der Waals surface area contributed by atoms with Crippen LogP contribution in [0.1, 0.15) is 22.9 Å². The Morgan fingerprint density at radius 3 is 2.61 bits per heavy atom. The topological polar surface area (TPSA) is 97.3 Å². The highest BCUT2D eigenvalue weighted by molar-refractivity contribution is 5.62. The van der Waals surface area contributed by atoms with E-state index in [0.717, 1.165) is 11.3 Å². The lowest BCUT2D eigenvalue weighted by molar-refractivity contribution is -0.00112. The first-order valence-electron chi connectivity index (χ1n) is 9.83. The van der Waals surface area contributed by atoms with Crippen molar-refractivity contribution < 1.29 is 18.7 Å². The molecule has 0 N–H and O–H groups in total. The first kappa shape index (κ1) is 19.3. The molecule has 0 amide bonds. The van der Waals surface area contributed by atoms with Gasteiger partial charge in [0.25, 0.3) is 5.89 Å². The Bertz CT molecular complexity index is 1220. The summed E-state index contributed by atoms with van der Waals surface area (Å²) in [6.45, 7) is 3.00. The molecule has 2 aromatic heterocycles. The molecule has 5 rings (SSSR count). The lowest BCUT2D eigenvalue weighted by Crippen LogP contribution is -2.22. The van der Waals surface area contributed by atoms with Crippen molar-refractivity contribution >= 4 is 0 Å². The molecular weight excluding hydrogens is 398 g/mol. The first-order valence-corrected chi connectivity index (χ1v) is 9.83. The summed E-state index contributed by atoms with van der Waals surface area (Å²) in [6.07, 6.45) is -0.0738. The zero-order valence-corrected chi connectivity index (χ0v) is 17.4. The van der Waals surface area contributed by atoms with Crippen molar-refractivity contribution in [2.45, 2.75) is 26.2 Å². The van der Waals surface area contributed by atoms with E-state index in [4.69, 9.17) is 18.7 Å². The van der Waals surface area contributed by atoms with Gasteiger partial charge in [-0.3, -0.25) is 0 Å². The molecular formula is C22H21N5O4. The average Bonchev–Trinajstić information content (AvgIpc) is 3.45. The summed E-state index contributed by atoms with van der Waals surface area (Å²) in [6, 6.07) is 13.7. The van der Waals surface area contributed by atoms with Gasteiger partial charge in [0.05, 0.1) is 33.1 Å². The second-order valence-corrected chi connectivity index (χ2v) is 7.27. The van der Waals surface area contributed by atoms with Crippen LogP contribution >= 0.6 is 0 Å². The van der Waals surface area contributed by atoms with E-state index < -0.39 is 0 Å². The van der Waals surface area contributed by atoms with Gasteiger partial charge in [-0.05, 0) is 30.7 Å². The molecule has 0 unspecified atom stereocenters. The van der Waals surface area contributed by atoms with Crippen molar-refractivity contribution in [2.75, 3.05) is 14.2 Å². The highest BCUT2D eigenvalue weighted by atomic mass is 16.5. The van der Waals surface area contributed by atoms with E-state index in [9.17, 15) is 0 Å². The van der Waals surface area contributed by atoms with Gasteiger partial charge in [0, 0.05) is 5.56 Å². The van der Waals surface area contributed by atoms with Gasteiger partial charge >= 0.3 is 0 Å². The molecule has 31 heavy (non-hydrogen) atoms. The molecule has 0 bridgehead atoms. The second kappa shape index (κ2) is 7.84. The Kier molecular flexibility index (Phi) is 4.87. The van der Waals surface area contributed by atoms with Crippen LogP contribution in [0.4, 0.5) is 0 Å². The maximum Gasteiger partial charge on any atom is 0.258 e. The number of aromatic nitrogens is 5. The predicted octanol–water partition coefficient (Wildman–Crippen LogP) is 3.59. The molecule has 9 heteroatoms. The van der Waals surface area contributed by atoms with Crippen molar-refractivity contribution in [3.63, 3.8) is 0 Å². The summed E-state index contributed by atoms with van der Waals surface area (Å²) in [5.74, 6) is 1.92. The number of aryl methyl sites for hydroxylation is 1. The van der Waals surface area contributed by atoms with E-state index >= 15 is 0 Å². The fourth-order valence-corrected chi connectivity index (χ4v) is 3.57. The summed E-state index contributed by atoms with van der Waals surface area (Å²) in [5.41, 5.74) is 4.42. The maximum absolute atomic E-state index is 6.08. The zero-order chi connectivity index (χ0) is 21.4. The number of hydrogen-bond acceptors (Lipinski definition) is 8. The van der Waals surface area contributed by atoms with Gasteiger partial charge in [-0.2, -0.15) is 4.98 Å². The van der Waals surface area contributed by atoms with Crippen molar-refractivity contribution in [3.05, 3.63) is 59.3 Å². The van der Waals surface area contributed by atoms with Crippen LogP contribution in [0.3, 0.4) is 0 Å². The zero-order valence-electron chi connectivity index (χ0n) is 17.4. The van der Waals surface area contributed by atoms with E-state index in [-0.39, 0.29) is 6.10 Å². The quantitative estimate of drug-likeness (QED) is 0.484. The monoisotopic (exact) mass is 419 g/mol. The van der Waals surface area contributed by atoms with Crippen LogP contribution in [-0.2, 0) is 17.9 Å². The van der Waals surface area contributed by atoms with Gasteiger partial charge in [0.15, 0.2) is 17.2 Å². The van der Waals surface area contributed by atoms with E-state index in [2.05, 4.69) is 51.6 Å². The first-order chi connectivity index (χ1) is 15.2. The summed E-state index contributed by atoms with van der Waals surface area (Å²) >= 11 is 0. The summed E-state index contributed by atoms with van der Waals surface area (Å²) < 4.78 is 24.0. The van der Waals surface area contributed by atoms with Crippen LogP contribution < -0.4 is 9.47 Å². The molecule has 0 radical (unpaired) electrons. The Labute approximate surface area is 178 Å². The number of benzene rings is 2. The van der Waals surface area contributed by atoms with Gasteiger partial charge < -0.3 is 18.7 Å². The standard InChI is InChI=1S/C22H21N5O4/c1-13-4-6-14(7-5-13)19-11-27-16(12-30-19)20(24-26-27)21-23-22(31-25-21)15-8-9-17(28-2)18(10-15)29-3/h4-10,19H,11-12H2,1-3H3/t19-/m0/s1. The van der Waals surface area contributed by atoms with E-state index in [1.165, 1.54) is 5.56 Å². The molecule has 0 saturated heterocycles. The molecule has 0 fully saturated rings. The minimum atomic E-state index is -0.0738. The Balaban J connectivity index is 1.40. The van der Waals surface area contributed by atoms with Crippen LogP contribution in [0.2, 0.25) is 0 Å². The van der Waals surface area contributed by atoms with E-state index in [1.54, 1.807) is 26.4 Å². The molecule has 1 aliphatic heterocycles. The van der Waals surface area contributed by atoms with Crippen LogP contribution in [0.25, 0.3) is 23.0 Å². The summed E-state index contributed by atoms with van der Waals surface area (Å²) in [5, 5.41) is 12.7. The highest BCUT2D eigenvalue weighted by Crippen LogP contribution is 2.33. The Morgan fingerprint density at radius 1 is 1.03 bits per heavy atom. The molecule has 2 aromatic carbocycles. The molecule has 9 nitrogen and oxygen atoms in total. The van der Waals surface area contributed by atoms with Crippen LogP contribution in [0.15, 0.2) is 47.0 Å². The fraction of sp³-hybridized carbons (Fsp3) is 0.273. The fourth-order valence-electron chi connectivity index (χ4n) is 3.57. The molecule has 0 saturated carbocycles. The van der Waals surface area contributed by atoms with Crippen LogP contribution in [-0.4, -0.2) is 39.4 Å². The average molecular weight is 419 g/mol. The van der Waals surface area contributed by atoms with Crippen molar-refractivity contribution in [1.29, 1.82) is 0 Å². The van der Waals surface area contributed by atoms with Gasteiger partial charge in [-0.1, -0.05) is 40.2 Å². The van der Waals surface area contributed by atoms with Crippen molar-refractivity contribution in [1.82, 2.24) is 25.1 Å². The Hall–Kier alpha value is -3.72. The predicted molar refractivity (Wildman–Crippen MR) is 111 cm³/mol. The number of ether oxygens (including phenoxy) is 3.